The molecule has 1 atom stereocenters. The largest absolute Gasteiger partial charge is 0.443 e. The van der Waals surface area contributed by atoms with Crippen molar-refractivity contribution in [3.8, 4) is 22.3 Å². The number of anilines is 1. The van der Waals surface area contributed by atoms with E-state index in [-0.39, 0.29) is 12.2 Å². The van der Waals surface area contributed by atoms with Gasteiger partial charge >= 0.3 is 11.7 Å². The second kappa shape index (κ2) is 11.1. The van der Waals surface area contributed by atoms with Crippen LogP contribution >= 0.6 is 0 Å². The number of rotatable bonds is 5. The molecule has 0 fully saturated rings. The molecule has 1 unspecified atom stereocenters. The Labute approximate surface area is 254 Å². The molecule has 7 heteroatoms. The van der Waals surface area contributed by atoms with Crippen LogP contribution in [0.15, 0.2) is 124 Å². The lowest BCUT2D eigenvalue weighted by Crippen LogP contribution is -2.47. The molecule has 6 rings (SSSR count). The number of hydrogen-bond acceptors (Lipinski definition) is 5. The monoisotopic (exact) mass is 587 g/mol. The zero-order chi connectivity index (χ0) is 31.1. The minimum atomic E-state index is -1.55. The van der Waals surface area contributed by atoms with Crippen LogP contribution in [0.4, 0.5) is 14.9 Å². The molecule has 44 heavy (non-hydrogen) atoms. The first-order valence-corrected chi connectivity index (χ1v) is 14.3. The minimum absolute atomic E-state index is 0.123. The van der Waals surface area contributed by atoms with Crippen LogP contribution in [0, 0.1) is 5.82 Å². The van der Waals surface area contributed by atoms with Gasteiger partial charge in [-0.3, -0.25) is 4.79 Å². The number of imide groups is 1. The second-order valence-corrected chi connectivity index (χ2v) is 11.7. The van der Waals surface area contributed by atoms with Crippen molar-refractivity contribution in [3.63, 3.8) is 0 Å². The molecule has 1 aliphatic heterocycles. The molecule has 0 saturated carbocycles. The summed E-state index contributed by atoms with van der Waals surface area (Å²) in [4.78, 5) is 42.9. The predicted octanol–water partition coefficient (Wildman–Crippen LogP) is 7.92. The number of ether oxygens (including phenoxy) is 1. The molecule has 0 aliphatic carbocycles. The van der Waals surface area contributed by atoms with Gasteiger partial charge in [-0.1, -0.05) is 91.0 Å². The average Bonchev–Trinajstić information content (AvgIpc) is 3.25. The fraction of sp³-hybridized carbons (Fsp3) is 0.162. The van der Waals surface area contributed by atoms with E-state index in [1.165, 1.54) is 24.3 Å². The fourth-order valence-electron chi connectivity index (χ4n) is 5.78. The molecule has 0 spiro atoms. The summed E-state index contributed by atoms with van der Waals surface area (Å²) in [6.07, 6.45) is -0.953. The highest BCUT2D eigenvalue weighted by Crippen LogP contribution is 2.49. The Kier molecular flexibility index (Phi) is 7.25. The van der Waals surface area contributed by atoms with E-state index in [1.807, 2.05) is 60.7 Å². The summed E-state index contributed by atoms with van der Waals surface area (Å²) < 4.78 is 26.0. The molecule has 5 aromatic rings. The Balaban J connectivity index is 1.60. The van der Waals surface area contributed by atoms with Gasteiger partial charge in [-0.2, -0.15) is 0 Å². The molecule has 0 saturated heterocycles. The van der Waals surface area contributed by atoms with Gasteiger partial charge in [0.1, 0.15) is 22.6 Å². The molecule has 1 aromatic heterocycles. The van der Waals surface area contributed by atoms with Gasteiger partial charge in [-0.25, -0.2) is 18.9 Å². The molecule has 6 nitrogen and oxygen atoms in total. The molecule has 220 valence electrons. The van der Waals surface area contributed by atoms with Gasteiger partial charge < -0.3 is 9.15 Å². The van der Waals surface area contributed by atoms with Crippen LogP contribution < -0.4 is 10.5 Å². The van der Waals surface area contributed by atoms with E-state index in [2.05, 4.69) is 0 Å². The van der Waals surface area contributed by atoms with Crippen molar-refractivity contribution >= 4 is 17.7 Å². The van der Waals surface area contributed by atoms with Gasteiger partial charge in [-0.05, 0) is 67.3 Å². The highest BCUT2D eigenvalue weighted by atomic mass is 19.1. The summed E-state index contributed by atoms with van der Waals surface area (Å²) in [6, 6.07) is 33.0. The van der Waals surface area contributed by atoms with Gasteiger partial charge in [0.05, 0.1) is 11.3 Å². The number of hydrogen-bond donors (Lipinski definition) is 0. The van der Waals surface area contributed by atoms with E-state index in [0.717, 1.165) is 10.5 Å². The average molecular weight is 588 g/mol. The number of nitrogens with zero attached hydrogens (tertiary/aromatic N) is 1. The highest BCUT2D eigenvalue weighted by molar-refractivity contribution is 6.22. The molecule has 0 bridgehead atoms. The van der Waals surface area contributed by atoms with Crippen LogP contribution in [-0.4, -0.2) is 17.6 Å². The van der Waals surface area contributed by atoms with E-state index in [1.54, 1.807) is 51.1 Å². The molecular weight excluding hydrogens is 557 g/mol. The second-order valence-electron chi connectivity index (χ2n) is 11.7. The Morgan fingerprint density at radius 2 is 1.36 bits per heavy atom. The van der Waals surface area contributed by atoms with Crippen molar-refractivity contribution in [1.82, 2.24) is 0 Å². The third-order valence-corrected chi connectivity index (χ3v) is 7.71. The van der Waals surface area contributed by atoms with E-state index in [9.17, 15) is 18.8 Å². The quantitative estimate of drug-likeness (QED) is 0.209. The zero-order valence-electron chi connectivity index (χ0n) is 24.5. The molecule has 4 aromatic carbocycles. The number of benzene rings is 4. The number of amides is 2. The third kappa shape index (κ3) is 5.11. The first-order chi connectivity index (χ1) is 21.1. The van der Waals surface area contributed by atoms with Gasteiger partial charge in [0.25, 0.3) is 5.91 Å². The van der Waals surface area contributed by atoms with Gasteiger partial charge in [0, 0.05) is 12.0 Å². The molecule has 0 radical (unpaired) electrons. The van der Waals surface area contributed by atoms with Crippen molar-refractivity contribution in [2.24, 2.45) is 0 Å². The van der Waals surface area contributed by atoms with Crippen LogP contribution in [0.25, 0.3) is 22.3 Å². The van der Waals surface area contributed by atoms with Crippen molar-refractivity contribution in [2.75, 3.05) is 4.90 Å². The molecule has 0 N–H and O–H groups in total. The van der Waals surface area contributed by atoms with Crippen LogP contribution in [0.5, 0.6) is 0 Å². The van der Waals surface area contributed by atoms with E-state index in [4.69, 9.17) is 9.15 Å². The number of carbonyl (C=O) groups is 2. The zero-order valence-corrected chi connectivity index (χ0v) is 24.5. The van der Waals surface area contributed by atoms with Gasteiger partial charge in [0.2, 0.25) is 0 Å². The lowest BCUT2D eigenvalue weighted by atomic mass is 9.71. The van der Waals surface area contributed by atoms with Crippen LogP contribution in [0.2, 0.25) is 0 Å². The summed E-state index contributed by atoms with van der Waals surface area (Å²) in [6.45, 7) is 5.17. The van der Waals surface area contributed by atoms with E-state index < -0.39 is 34.5 Å². The lowest BCUT2D eigenvalue weighted by Gasteiger charge is -2.30. The SMILES string of the molecule is CC(C)(C)OC(=O)N1C(=O)C(Cc2oc(=O)c(-c3ccccc3)cc2-c2ccccc2)(c2ccc(F)cc2)c2ccccc21. The number of halogens is 1. The number of para-hydroxylation sites is 1. The third-order valence-electron chi connectivity index (χ3n) is 7.71. The smallest absolute Gasteiger partial charge is 0.421 e. The Morgan fingerprint density at radius 1 is 0.795 bits per heavy atom. The Bertz CT molecular complexity index is 1910. The van der Waals surface area contributed by atoms with Crippen molar-refractivity contribution in [2.45, 2.75) is 38.2 Å². The highest BCUT2D eigenvalue weighted by Gasteiger charge is 2.55. The molecular formula is C37H30FNO5. The van der Waals surface area contributed by atoms with Crippen LogP contribution in [0.1, 0.15) is 37.7 Å². The molecule has 1 aliphatic rings. The van der Waals surface area contributed by atoms with Crippen molar-refractivity contribution < 1.29 is 23.1 Å². The van der Waals surface area contributed by atoms with Crippen LogP contribution in [-0.2, 0) is 21.4 Å². The van der Waals surface area contributed by atoms with Crippen molar-refractivity contribution in [1.29, 1.82) is 0 Å². The normalized spacial score (nSPS) is 16.1. The van der Waals surface area contributed by atoms with E-state index >= 15 is 0 Å². The predicted molar refractivity (Wildman–Crippen MR) is 167 cm³/mol. The lowest BCUT2D eigenvalue weighted by molar-refractivity contribution is -0.121. The number of fused-ring (bicyclic) bond motifs is 1. The van der Waals surface area contributed by atoms with Crippen LogP contribution in [0.3, 0.4) is 0 Å². The summed E-state index contributed by atoms with van der Waals surface area (Å²) in [5.74, 6) is -0.817. The summed E-state index contributed by atoms with van der Waals surface area (Å²) >= 11 is 0. The maximum absolute atomic E-state index is 14.7. The topological polar surface area (TPSA) is 76.8 Å². The maximum Gasteiger partial charge on any atom is 0.421 e. The standard InChI is InChI=1S/C37H30FNO5/c1-36(2,3)44-35(42)39-31-17-11-10-16-30(31)37(34(39)41,26-18-20-27(38)21-19-26)23-32-28(24-12-6-4-7-13-24)22-29(33(40)43-32)25-14-8-5-9-15-25/h4-22H,23H2,1-3H3. The number of carbonyl (C=O) groups excluding carboxylic acids is 2. The first-order valence-electron chi connectivity index (χ1n) is 14.3. The summed E-state index contributed by atoms with van der Waals surface area (Å²) in [5.41, 5.74) is 0.778. The fourth-order valence-corrected chi connectivity index (χ4v) is 5.78. The Morgan fingerprint density at radius 3 is 1.98 bits per heavy atom. The minimum Gasteiger partial charge on any atom is -0.443 e. The van der Waals surface area contributed by atoms with Gasteiger partial charge in [0.15, 0.2) is 0 Å². The first kappa shape index (κ1) is 28.8. The maximum atomic E-state index is 14.7. The van der Waals surface area contributed by atoms with Crippen molar-refractivity contribution in [3.05, 3.63) is 148 Å². The summed E-state index contributed by atoms with van der Waals surface area (Å²) in [7, 11) is 0. The Hall–Kier alpha value is -5.30. The molecule has 2 heterocycles. The van der Waals surface area contributed by atoms with E-state index in [0.29, 0.717) is 33.5 Å². The van der Waals surface area contributed by atoms with Gasteiger partial charge in [-0.15, -0.1) is 0 Å². The summed E-state index contributed by atoms with van der Waals surface area (Å²) in [5, 5.41) is 0. The molecule has 2 amide bonds.